The standard InChI is InChI=1S/C17H11NO4S/c19-15(20)8-13-16(12-4-6-23-9-12)22-17(18-13)11-1-2-14-10(7-11)3-5-21-14/h1-7,9H,8H2,(H,19,20). The quantitative estimate of drug-likeness (QED) is 0.600. The molecule has 0 saturated heterocycles. The maximum atomic E-state index is 11.1. The number of fused-ring (bicyclic) bond motifs is 1. The fraction of sp³-hybridized carbons (Fsp3) is 0.0588. The smallest absolute Gasteiger partial charge is 0.309 e. The van der Waals surface area contributed by atoms with Crippen LogP contribution in [-0.4, -0.2) is 16.1 Å². The van der Waals surface area contributed by atoms with Gasteiger partial charge in [-0.3, -0.25) is 4.79 Å². The molecule has 0 bridgehead atoms. The molecule has 0 aliphatic rings. The Morgan fingerprint density at radius 1 is 1.22 bits per heavy atom. The zero-order chi connectivity index (χ0) is 15.8. The molecule has 5 nitrogen and oxygen atoms in total. The summed E-state index contributed by atoms with van der Waals surface area (Å²) in [5.41, 5.74) is 2.84. The number of hydrogen-bond donors (Lipinski definition) is 1. The number of carbonyl (C=O) groups is 1. The van der Waals surface area contributed by atoms with Crippen molar-refractivity contribution in [3.05, 3.63) is 53.0 Å². The Hall–Kier alpha value is -2.86. The first kappa shape index (κ1) is 13.8. The number of oxazole rings is 1. The number of aromatic nitrogens is 1. The second-order valence-electron chi connectivity index (χ2n) is 5.05. The second-order valence-corrected chi connectivity index (χ2v) is 5.83. The molecule has 1 N–H and O–H groups in total. The van der Waals surface area contributed by atoms with Crippen LogP contribution < -0.4 is 0 Å². The molecule has 0 radical (unpaired) electrons. The molecule has 6 heteroatoms. The summed E-state index contributed by atoms with van der Waals surface area (Å²) >= 11 is 1.52. The number of thiophene rings is 1. The molecule has 4 rings (SSSR count). The number of nitrogens with zero attached hydrogens (tertiary/aromatic N) is 1. The van der Waals surface area contributed by atoms with Crippen LogP contribution in [0.2, 0.25) is 0 Å². The van der Waals surface area contributed by atoms with E-state index in [4.69, 9.17) is 13.9 Å². The van der Waals surface area contributed by atoms with Gasteiger partial charge in [-0.2, -0.15) is 11.3 Å². The van der Waals surface area contributed by atoms with Crippen LogP contribution in [0.15, 0.2) is 56.2 Å². The topological polar surface area (TPSA) is 76.5 Å². The first-order valence-corrected chi connectivity index (χ1v) is 7.87. The normalized spacial score (nSPS) is 11.1. The highest BCUT2D eigenvalue weighted by Gasteiger charge is 2.19. The number of rotatable bonds is 4. The average molecular weight is 325 g/mol. The van der Waals surface area contributed by atoms with E-state index < -0.39 is 5.97 Å². The molecule has 1 aromatic carbocycles. The van der Waals surface area contributed by atoms with Crippen LogP contribution in [0.25, 0.3) is 33.7 Å². The van der Waals surface area contributed by atoms with E-state index in [0.717, 1.165) is 22.1 Å². The van der Waals surface area contributed by atoms with Crippen molar-refractivity contribution in [3.63, 3.8) is 0 Å². The van der Waals surface area contributed by atoms with Crippen molar-refractivity contribution < 1.29 is 18.7 Å². The maximum absolute atomic E-state index is 11.1. The van der Waals surface area contributed by atoms with E-state index in [1.807, 2.05) is 41.1 Å². The Morgan fingerprint density at radius 3 is 2.91 bits per heavy atom. The summed E-state index contributed by atoms with van der Waals surface area (Å²) in [6.45, 7) is 0. The Morgan fingerprint density at radius 2 is 2.13 bits per heavy atom. The summed E-state index contributed by atoms with van der Waals surface area (Å²) in [5, 5.41) is 13.9. The molecule has 0 atom stereocenters. The highest BCUT2D eigenvalue weighted by Crippen LogP contribution is 2.32. The van der Waals surface area contributed by atoms with Crippen LogP contribution in [0.5, 0.6) is 0 Å². The van der Waals surface area contributed by atoms with E-state index in [1.165, 1.54) is 11.3 Å². The summed E-state index contributed by atoms with van der Waals surface area (Å²) < 4.78 is 11.2. The first-order valence-electron chi connectivity index (χ1n) is 6.92. The largest absolute Gasteiger partial charge is 0.481 e. The molecule has 0 amide bonds. The third kappa shape index (κ3) is 2.53. The van der Waals surface area contributed by atoms with Crippen LogP contribution in [0, 0.1) is 0 Å². The zero-order valence-corrected chi connectivity index (χ0v) is 12.7. The number of furan rings is 1. The van der Waals surface area contributed by atoms with Crippen molar-refractivity contribution in [2.24, 2.45) is 0 Å². The van der Waals surface area contributed by atoms with Gasteiger partial charge in [0, 0.05) is 21.9 Å². The van der Waals surface area contributed by atoms with Crippen molar-refractivity contribution in [1.29, 1.82) is 0 Å². The summed E-state index contributed by atoms with van der Waals surface area (Å²) in [6.07, 6.45) is 1.44. The molecule has 114 valence electrons. The highest BCUT2D eigenvalue weighted by atomic mass is 32.1. The monoisotopic (exact) mass is 325 g/mol. The molecule has 0 aliphatic heterocycles. The molecule has 0 aliphatic carbocycles. The predicted octanol–water partition coefficient (Wildman–Crippen LogP) is 4.44. The number of carboxylic acid groups (broad SMARTS) is 1. The van der Waals surface area contributed by atoms with Gasteiger partial charge in [0.15, 0.2) is 5.76 Å². The van der Waals surface area contributed by atoms with E-state index in [0.29, 0.717) is 17.3 Å². The summed E-state index contributed by atoms with van der Waals surface area (Å²) in [7, 11) is 0. The van der Waals surface area contributed by atoms with E-state index in [2.05, 4.69) is 4.98 Å². The van der Waals surface area contributed by atoms with Crippen molar-refractivity contribution in [2.75, 3.05) is 0 Å². The summed E-state index contributed by atoms with van der Waals surface area (Å²) in [6, 6.07) is 9.35. The molecular formula is C17H11NO4S. The van der Waals surface area contributed by atoms with Gasteiger partial charge in [0.1, 0.15) is 5.58 Å². The van der Waals surface area contributed by atoms with Crippen molar-refractivity contribution in [1.82, 2.24) is 4.98 Å². The highest BCUT2D eigenvalue weighted by molar-refractivity contribution is 7.08. The van der Waals surface area contributed by atoms with E-state index in [-0.39, 0.29) is 6.42 Å². The van der Waals surface area contributed by atoms with E-state index in [9.17, 15) is 4.79 Å². The van der Waals surface area contributed by atoms with Gasteiger partial charge < -0.3 is 13.9 Å². The fourth-order valence-corrected chi connectivity index (χ4v) is 3.09. The van der Waals surface area contributed by atoms with Gasteiger partial charge in [-0.1, -0.05) is 0 Å². The zero-order valence-electron chi connectivity index (χ0n) is 11.9. The van der Waals surface area contributed by atoms with Gasteiger partial charge in [-0.05, 0) is 35.7 Å². The lowest BCUT2D eigenvalue weighted by atomic mass is 10.1. The molecule has 0 saturated carbocycles. The lowest BCUT2D eigenvalue weighted by Crippen LogP contribution is -2.01. The molecule has 0 spiro atoms. The average Bonchev–Trinajstić information content (AvgIpc) is 3.26. The van der Waals surface area contributed by atoms with E-state index in [1.54, 1.807) is 6.26 Å². The van der Waals surface area contributed by atoms with Crippen LogP contribution in [0.1, 0.15) is 5.69 Å². The van der Waals surface area contributed by atoms with Crippen LogP contribution in [0.3, 0.4) is 0 Å². The molecule has 4 aromatic rings. The Kier molecular flexibility index (Phi) is 3.24. The minimum Gasteiger partial charge on any atom is -0.481 e. The number of hydrogen-bond acceptors (Lipinski definition) is 5. The fourth-order valence-electron chi connectivity index (χ4n) is 2.46. The number of aliphatic carboxylic acids is 1. The predicted molar refractivity (Wildman–Crippen MR) is 86.4 cm³/mol. The molecule has 23 heavy (non-hydrogen) atoms. The van der Waals surface area contributed by atoms with Crippen LogP contribution >= 0.6 is 11.3 Å². The molecule has 0 unspecified atom stereocenters. The Labute approximate surface area is 134 Å². The first-order chi connectivity index (χ1) is 11.2. The molecule has 0 fully saturated rings. The third-order valence-electron chi connectivity index (χ3n) is 3.50. The van der Waals surface area contributed by atoms with Gasteiger partial charge in [-0.25, -0.2) is 4.98 Å². The lowest BCUT2D eigenvalue weighted by Gasteiger charge is -1.95. The number of benzene rings is 1. The Bertz CT molecular complexity index is 981. The van der Waals surface area contributed by atoms with Crippen molar-refractivity contribution in [2.45, 2.75) is 6.42 Å². The van der Waals surface area contributed by atoms with Gasteiger partial charge in [0.05, 0.1) is 18.4 Å². The SMILES string of the molecule is O=C(O)Cc1nc(-c2ccc3occc3c2)oc1-c1ccsc1. The minimum absolute atomic E-state index is 0.178. The van der Waals surface area contributed by atoms with E-state index >= 15 is 0 Å². The third-order valence-corrected chi connectivity index (χ3v) is 4.18. The number of carboxylic acids is 1. The van der Waals surface area contributed by atoms with Gasteiger partial charge >= 0.3 is 5.97 Å². The molecule has 3 aromatic heterocycles. The Balaban J connectivity index is 1.83. The summed E-state index contributed by atoms with van der Waals surface area (Å²) in [5.74, 6) is -0.0203. The van der Waals surface area contributed by atoms with Crippen molar-refractivity contribution >= 4 is 28.3 Å². The van der Waals surface area contributed by atoms with Crippen LogP contribution in [-0.2, 0) is 11.2 Å². The van der Waals surface area contributed by atoms with Gasteiger partial charge in [0.2, 0.25) is 5.89 Å². The maximum Gasteiger partial charge on any atom is 0.309 e. The summed E-state index contributed by atoms with van der Waals surface area (Å²) in [4.78, 5) is 15.5. The van der Waals surface area contributed by atoms with Crippen LogP contribution in [0.4, 0.5) is 0 Å². The molecular weight excluding hydrogens is 314 g/mol. The minimum atomic E-state index is -0.938. The van der Waals surface area contributed by atoms with Crippen molar-refractivity contribution in [3.8, 4) is 22.8 Å². The molecule has 3 heterocycles. The second kappa shape index (κ2) is 5.40. The van der Waals surface area contributed by atoms with Gasteiger partial charge in [-0.15, -0.1) is 0 Å². The lowest BCUT2D eigenvalue weighted by molar-refractivity contribution is -0.136. The van der Waals surface area contributed by atoms with Gasteiger partial charge in [0.25, 0.3) is 0 Å².